The molecule has 3 unspecified atom stereocenters. The summed E-state index contributed by atoms with van der Waals surface area (Å²) in [7, 11) is 0. The molecular weight excluding hydrogens is 244 g/mol. The summed E-state index contributed by atoms with van der Waals surface area (Å²) in [5, 5.41) is 0. The molecule has 1 aliphatic rings. The molecule has 1 aromatic rings. The van der Waals surface area contributed by atoms with E-state index in [1.165, 1.54) is 0 Å². The topological polar surface area (TPSA) is 40.2 Å². The fourth-order valence-corrected chi connectivity index (χ4v) is 1.91. The zero-order valence-corrected chi connectivity index (χ0v) is 11.6. The van der Waals surface area contributed by atoms with E-state index in [4.69, 9.17) is 18.9 Å². The van der Waals surface area contributed by atoms with Crippen LogP contribution in [-0.4, -0.2) is 38.3 Å². The first-order chi connectivity index (χ1) is 9.28. The summed E-state index contributed by atoms with van der Waals surface area (Å²) in [5.74, 6) is 0.858. The highest BCUT2D eigenvalue weighted by Gasteiger charge is 2.28. The molecule has 1 aromatic carbocycles. The van der Waals surface area contributed by atoms with Crippen molar-refractivity contribution in [1.29, 1.82) is 0 Å². The Morgan fingerprint density at radius 2 is 2.05 bits per heavy atom. The quantitative estimate of drug-likeness (QED) is 0.509. The minimum atomic E-state index is -0.215. The molecule has 3 atom stereocenters. The first-order valence-corrected chi connectivity index (χ1v) is 6.84. The molecule has 1 fully saturated rings. The van der Waals surface area contributed by atoms with Crippen LogP contribution in [0.5, 0.6) is 5.75 Å². The largest absolute Gasteiger partial charge is 0.491 e. The van der Waals surface area contributed by atoms with Gasteiger partial charge in [0, 0.05) is 13.0 Å². The highest BCUT2D eigenvalue weighted by molar-refractivity contribution is 5.20. The molecule has 19 heavy (non-hydrogen) atoms. The lowest BCUT2D eigenvalue weighted by Gasteiger charge is -2.22. The molecule has 0 saturated carbocycles. The van der Waals surface area contributed by atoms with Gasteiger partial charge in [0.2, 0.25) is 0 Å². The zero-order valence-electron chi connectivity index (χ0n) is 11.6. The fraction of sp³-hybridized carbons (Fsp3) is 0.600. The van der Waals surface area contributed by atoms with Crippen LogP contribution in [0.1, 0.15) is 20.3 Å². The molecule has 0 aromatic heterocycles. The lowest BCUT2D eigenvalue weighted by molar-refractivity contribution is -0.166. The minimum absolute atomic E-state index is 0.00532. The molecule has 1 saturated heterocycles. The summed E-state index contributed by atoms with van der Waals surface area (Å²) in [6.45, 7) is 5.86. The van der Waals surface area contributed by atoms with Crippen LogP contribution in [0.4, 0.5) is 0 Å². The Balaban J connectivity index is 1.79. The normalized spacial score (nSPS) is 20.8. The molecule has 0 aliphatic carbocycles. The van der Waals surface area contributed by atoms with Gasteiger partial charge >= 0.3 is 0 Å². The zero-order chi connectivity index (χ0) is 13.5. The SMILES string of the molecule is CCOC(C)OC(COc1ccccc1)CC1CO1. The Hall–Kier alpha value is -1.10. The molecule has 0 amide bonds. The van der Waals surface area contributed by atoms with Crippen molar-refractivity contribution < 1.29 is 18.9 Å². The predicted octanol–water partition coefficient (Wildman–Crippen LogP) is 2.62. The van der Waals surface area contributed by atoms with Gasteiger partial charge in [0.05, 0.1) is 18.8 Å². The van der Waals surface area contributed by atoms with Gasteiger partial charge in [0.15, 0.2) is 6.29 Å². The molecule has 4 nitrogen and oxygen atoms in total. The third-order valence-electron chi connectivity index (χ3n) is 2.89. The Labute approximate surface area is 114 Å². The lowest BCUT2D eigenvalue weighted by atomic mass is 10.2. The van der Waals surface area contributed by atoms with E-state index >= 15 is 0 Å². The van der Waals surface area contributed by atoms with Crippen molar-refractivity contribution >= 4 is 0 Å². The number of rotatable bonds is 9. The van der Waals surface area contributed by atoms with Gasteiger partial charge in [-0.15, -0.1) is 0 Å². The highest BCUT2D eigenvalue weighted by atomic mass is 16.7. The van der Waals surface area contributed by atoms with Crippen LogP contribution in [0.15, 0.2) is 30.3 Å². The van der Waals surface area contributed by atoms with Crippen molar-refractivity contribution in [2.24, 2.45) is 0 Å². The van der Waals surface area contributed by atoms with Crippen LogP contribution in [0.25, 0.3) is 0 Å². The average Bonchev–Trinajstić information content (AvgIpc) is 3.21. The molecule has 0 N–H and O–H groups in total. The van der Waals surface area contributed by atoms with Gasteiger partial charge < -0.3 is 18.9 Å². The summed E-state index contributed by atoms with van der Waals surface area (Å²) < 4.78 is 22.2. The van der Waals surface area contributed by atoms with E-state index in [-0.39, 0.29) is 12.4 Å². The van der Waals surface area contributed by atoms with Crippen molar-refractivity contribution in [2.45, 2.75) is 38.8 Å². The van der Waals surface area contributed by atoms with Crippen LogP contribution in [-0.2, 0) is 14.2 Å². The molecule has 0 radical (unpaired) electrons. The Kier molecular flexibility index (Phi) is 5.63. The molecule has 2 rings (SSSR count). The van der Waals surface area contributed by atoms with Gasteiger partial charge in [-0.2, -0.15) is 0 Å². The standard InChI is InChI=1S/C15H22O4/c1-3-16-12(2)19-15(9-14-10-18-14)11-17-13-7-5-4-6-8-13/h4-8,12,14-15H,3,9-11H2,1-2H3. The van der Waals surface area contributed by atoms with Gasteiger partial charge in [-0.1, -0.05) is 18.2 Å². The minimum Gasteiger partial charge on any atom is -0.491 e. The lowest BCUT2D eigenvalue weighted by Crippen LogP contribution is -2.29. The van der Waals surface area contributed by atoms with Crippen LogP contribution < -0.4 is 4.74 Å². The third-order valence-corrected chi connectivity index (χ3v) is 2.89. The molecule has 1 aliphatic heterocycles. The fourth-order valence-electron chi connectivity index (χ4n) is 1.91. The van der Waals surface area contributed by atoms with Gasteiger partial charge in [-0.05, 0) is 26.0 Å². The van der Waals surface area contributed by atoms with Gasteiger partial charge in [0.1, 0.15) is 12.4 Å². The first kappa shape index (κ1) is 14.3. The highest BCUT2D eigenvalue weighted by Crippen LogP contribution is 2.20. The monoisotopic (exact) mass is 266 g/mol. The Bertz CT molecular complexity index is 350. The summed E-state index contributed by atoms with van der Waals surface area (Å²) in [4.78, 5) is 0. The summed E-state index contributed by atoms with van der Waals surface area (Å²) in [5.41, 5.74) is 0. The third kappa shape index (κ3) is 5.59. The number of para-hydroxylation sites is 1. The second-order valence-electron chi connectivity index (χ2n) is 4.60. The molecular formula is C15H22O4. The van der Waals surface area contributed by atoms with E-state index in [0.717, 1.165) is 18.8 Å². The van der Waals surface area contributed by atoms with E-state index in [0.29, 0.717) is 19.3 Å². The van der Waals surface area contributed by atoms with Crippen LogP contribution in [0, 0.1) is 0 Å². The summed E-state index contributed by atoms with van der Waals surface area (Å²) in [6.07, 6.45) is 0.949. The number of benzene rings is 1. The first-order valence-electron chi connectivity index (χ1n) is 6.84. The number of hydrogen-bond acceptors (Lipinski definition) is 4. The van der Waals surface area contributed by atoms with Crippen molar-refractivity contribution in [3.05, 3.63) is 30.3 Å². The van der Waals surface area contributed by atoms with Crippen LogP contribution >= 0.6 is 0 Å². The van der Waals surface area contributed by atoms with E-state index in [1.54, 1.807) is 0 Å². The summed E-state index contributed by atoms with van der Waals surface area (Å²) >= 11 is 0. The Morgan fingerprint density at radius 1 is 1.32 bits per heavy atom. The van der Waals surface area contributed by atoms with Crippen molar-refractivity contribution in [2.75, 3.05) is 19.8 Å². The molecule has 0 spiro atoms. The number of hydrogen-bond donors (Lipinski definition) is 0. The van der Waals surface area contributed by atoms with E-state index in [9.17, 15) is 0 Å². The molecule has 1 heterocycles. The van der Waals surface area contributed by atoms with Crippen LogP contribution in [0.3, 0.4) is 0 Å². The van der Waals surface area contributed by atoms with Crippen LogP contribution in [0.2, 0.25) is 0 Å². The van der Waals surface area contributed by atoms with Crippen molar-refractivity contribution in [3.63, 3.8) is 0 Å². The average molecular weight is 266 g/mol. The second-order valence-corrected chi connectivity index (χ2v) is 4.60. The second kappa shape index (κ2) is 7.48. The summed E-state index contributed by atoms with van der Waals surface area (Å²) in [6, 6.07) is 9.76. The maximum absolute atomic E-state index is 5.84. The maximum atomic E-state index is 5.84. The van der Waals surface area contributed by atoms with Gasteiger partial charge in [0.25, 0.3) is 0 Å². The smallest absolute Gasteiger partial charge is 0.155 e. The van der Waals surface area contributed by atoms with E-state index in [2.05, 4.69) is 0 Å². The van der Waals surface area contributed by atoms with Crippen molar-refractivity contribution in [3.8, 4) is 5.75 Å². The van der Waals surface area contributed by atoms with Crippen molar-refractivity contribution in [1.82, 2.24) is 0 Å². The van der Waals surface area contributed by atoms with E-state index < -0.39 is 0 Å². The maximum Gasteiger partial charge on any atom is 0.155 e. The van der Waals surface area contributed by atoms with Gasteiger partial charge in [-0.3, -0.25) is 0 Å². The van der Waals surface area contributed by atoms with E-state index in [1.807, 2.05) is 44.2 Å². The number of epoxide rings is 1. The predicted molar refractivity (Wildman–Crippen MR) is 72.3 cm³/mol. The molecule has 0 bridgehead atoms. The molecule has 106 valence electrons. The number of ether oxygens (including phenoxy) is 4. The Morgan fingerprint density at radius 3 is 2.68 bits per heavy atom. The molecule has 4 heteroatoms. The van der Waals surface area contributed by atoms with Gasteiger partial charge in [-0.25, -0.2) is 0 Å².